The molecule has 0 radical (unpaired) electrons. The van der Waals surface area contributed by atoms with Crippen LogP contribution in [-0.4, -0.2) is 30.3 Å². The molecule has 0 aliphatic rings. The summed E-state index contributed by atoms with van der Waals surface area (Å²) >= 11 is 0. The summed E-state index contributed by atoms with van der Waals surface area (Å²) in [5.74, 6) is -2.30. The van der Waals surface area contributed by atoms with Gasteiger partial charge in [0.25, 0.3) is 0 Å². The highest BCUT2D eigenvalue weighted by Gasteiger charge is 2.31. The minimum Gasteiger partial charge on any atom is -0.506 e. The van der Waals surface area contributed by atoms with Gasteiger partial charge in [0.15, 0.2) is 0 Å². The number of ether oxygens (including phenoxy) is 2. The van der Waals surface area contributed by atoms with E-state index in [1.807, 2.05) is 0 Å². The fourth-order valence-electron chi connectivity index (χ4n) is 2.70. The van der Waals surface area contributed by atoms with Crippen molar-refractivity contribution in [3.8, 4) is 16.9 Å². The van der Waals surface area contributed by atoms with E-state index in [0.717, 1.165) is 0 Å². The van der Waals surface area contributed by atoms with Gasteiger partial charge in [-0.3, -0.25) is 0 Å². The highest BCUT2D eigenvalue weighted by molar-refractivity contribution is 6.09. The molecule has 2 aromatic carbocycles. The molecule has 136 valence electrons. The number of hydrogen-bond acceptors (Lipinski definition) is 7. The zero-order valence-corrected chi connectivity index (χ0v) is 14.7. The van der Waals surface area contributed by atoms with E-state index in [9.17, 15) is 19.6 Å². The summed E-state index contributed by atoms with van der Waals surface area (Å²) in [7, 11) is 0. The Kier molecular flexibility index (Phi) is 6.06. The molecule has 0 amide bonds. The van der Waals surface area contributed by atoms with Crippen molar-refractivity contribution < 1.29 is 24.2 Å². The molecular formula is C19H19NO6. The number of nitrogens with zero attached hydrogens (tertiary/aromatic N) is 1. The molecule has 0 saturated heterocycles. The number of aromatic hydroxyl groups is 1. The number of benzene rings is 2. The number of rotatable bonds is 6. The van der Waals surface area contributed by atoms with Crippen molar-refractivity contribution in [1.82, 2.24) is 0 Å². The molecule has 0 fully saturated rings. The molecule has 7 nitrogen and oxygen atoms in total. The second-order valence-electron chi connectivity index (χ2n) is 5.35. The van der Waals surface area contributed by atoms with Crippen molar-refractivity contribution in [1.29, 1.82) is 0 Å². The fraction of sp³-hybridized carbons (Fsp3) is 0.263. The average molecular weight is 357 g/mol. The van der Waals surface area contributed by atoms with Gasteiger partial charge in [-0.25, -0.2) is 9.59 Å². The van der Waals surface area contributed by atoms with Crippen LogP contribution >= 0.6 is 0 Å². The summed E-state index contributed by atoms with van der Waals surface area (Å²) in [6, 6.07) is 8.52. The first-order valence-corrected chi connectivity index (χ1v) is 8.10. The highest BCUT2D eigenvalue weighted by Crippen LogP contribution is 2.44. The Labute approximate surface area is 150 Å². The zero-order chi connectivity index (χ0) is 19.3. The molecule has 2 rings (SSSR count). The second kappa shape index (κ2) is 8.24. The van der Waals surface area contributed by atoms with Crippen LogP contribution in [0.25, 0.3) is 11.1 Å². The smallest absolute Gasteiger partial charge is 0.342 e. The first kappa shape index (κ1) is 19.1. The van der Waals surface area contributed by atoms with Crippen LogP contribution in [0.3, 0.4) is 0 Å². The van der Waals surface area contributed by atoms with E-state index in [-0.39, 0.29) is 41.2 Å². The third kappa shape index (κ3) is 3.42. The van der Waals surface area contributed by atoms with Crippen LogP contribution in [0.1, 0.15) is 40.1 Å². The van der Waals surface area contributed by atoms with Crippen molar-refractivity contribution in [3.05, 3.63) is 51.9 Å². The van der Waals surface area contributed by atoms with Gasteiger partial charge >= 0.3 is 11.9 Å². The number of nitroso groups, excluding NO2 is 1. The minimum absolute atomic E-state index is 0.0545. The first-order chi connectivity index (χ1) is 12.5. The van der Waals surface area contributed by atoms with Crippen LogP contribution in [0.2, 0.25) is 0 Å². The average Bonchev–Trinajstić information content (AvgIpc) is 2.62. The minimum atomic E-state index is -0.862. The molecule has 0 aromatic heterocycles. The largest absolute Gasteiger partial charge is 0.506 e. The van der Waals surface area contributed by atoms with Gasteiger partial charge in [0.2, 0.25) is 0 Å². The molecule has 2 aromatic rings. The number of carbonyl (C=O) groups is 2. The van der Waals surface area contributed by atoms with E-state index in [1.165, 1.54) is 6.92 Å². The normalized spacial score (nSPS) is 10.3. The summed E-state index contributed by atoms with van der Waals surface area (Å²) in [6.07, 6.45) is 0. The lowest BCUT2D eigenvalue weighted by Crippen LogP contribution is -2.13. The maximum atomic E-state index is 12.5. The maximum absolute atomic E-state index is 12.5. The van der Waals surface area contributed by atoms with E-state index in [2.05, 4.69) is 5.18 Å². The van der Waals surface area contributed by atoms with E-state index in [0.29, 0.717) is 5.56 Å². The highest BCUT2D eigenvalue weighted by atomic mass is 16.5. The molecule has 0 spiro atoms. The number of phenolic OH excluding ortho intramolecular Hbond substituents is 1. The lowest BCUT2D eigenvalue weighted by molar-refractivity contribution is 0.0519. The van der Waals surface area contributed by atoms with Gasteiger partial charge < -0.3 is 14.6 Å². The van der Waals surface area contributed by atoms with Crippen LogP contribution in [0.5, 0.6) is 5.75 Å². The quantitative estimate of drug-likeness (QED) is 0.616. The third-order valence-corrected chi connectivity index (χ3v) is 3.80. The molecule has 0 aliphatic heterocycles. The summed E-state index contributed by atoms with van der Waals surface area (Å²) < 4.78 is 9.94. The molecule has 7 heteroatoms. The van der Waals surface area contributed by atoms with E-state index in [4.69, 9.17) is 9.47 Å². The van der Waals surface area contributed by atoms with Gasteiger partial charge in [-0.2, -0.15) is 0 Å². The molecule has 1 N–H and O–H groups in total. The van der Waals surface area contributed by atoms with Crippen LogP contribution in [-0.2, 0) is 9.47 Å². The number of esters is 2. The van der Waals surface area contributed by atoms with Gasteiger partial charge in [-0.15, -0.1) is 4.91 Å². The van der Waals surface area contributed by atoms with Gasteiger partial charge in [0, 0.05) is 5.56 Å². The zero-order valence-electron chi connectivity index (χ0n) is 14.7. The van der Waals surface area contributed by atoms with Crippen LogP contribution in [0.15, 0.2) is 35.5 Å². The van der Waals surface area contributed by atoms with Crippen LogP contribution in [0, 0.1) is 11.8 Å². The molecule has 0 saturated carbocycles. The molecular weight excluding hydrogens is 338 g/mol. The lowest BCUT2D eigenvalue weighted by atomic mass is 9.90. The van der Waals surface area contributed by atoms with Crippen molar-refractivity contribution in [2.24, 2.45) is 5.18 Å². The number of hydrogen-bond donors (Lipinski definition) is 1. The monoisotopic (exact) mass is 357 g/mol. The van der Waals surface area contributed by atoms with Crippen molar-refractivity contribution in [2.75, 3.05) is 13.2 Å². The second-order valence-corrected chi connectivity index (χ2v) is 5.35. The summed E-state index contributed by atoms with van der Waals surface area (Å²) in [5, 5.41) is 13.7. The lowest BCUT2D eigenvalue weighted by Gasteiger charge is -2.18. The fourth-order valence-corrected chi connectivity index (χ4v) is 2.70. The molecule has 0 atom stereocenters. The van der Waals surface area contributed by atoms with Gasteiger partial charge in [-0.05, 0) is 37.1 Å². The van der Waals surface area contributed by atoms with Gasteiger partial charge in [0.1, 0.15) is 22.6 Å². The van der Waals surface area contributed by atoms with Gasteiger partial charge in [-0.1, -0.05) is 30.3 Å². The molecule has 0 bridgehead atoms. The summed E-state index contributed by atoms with van der Waals surface area (Å²) in [4.78, 5) is 36.3. The van der Waals surface area contributed by atoms with Crippen LogP contribution < -0.4 is 0 Å². The molecule has 0 aliphatic carbocycles. The Balaban J connectivity index is 2.92. The Bertz CT molecular complexity index is 845. The predicted molar refractivity (Wildman–Crippen MR) is 95.6 cm³/mol. The van der Waals surface area contributed by atoms with E-state index < -0.39 is 17.7 Å². The summed E-state index contributed by atoms with van der Waals surface area (Å²) in [6.45, 7) is 4.80. The Morgan fingerprint density at radius 2 is 1.54 bits per heavy atom. The van der Waals surface area contributed by atoms with Crippen molar-refractivity contribution in [2.45, 2.75) is 20.8 Å². The number of phenols is 1. The third-order valence-electron chi connectivity index (χ3n) is 3.80. The molecule has 0 heterocycles. The summed E-state index contributed by atoms with van der Waals surface area (Å²) in [5.41, 5.74) is 0.0366. The Morgan fingerprint density at radius 3 is 2.04 bits per heavy atom. The van der Waals surface area contributed by atoms with Crippen molar-refractivity contribution in [3.63, 3.8) is 0 Å². The molecule has 0 unspecified atom stereocenters. The van der Waals surface area contributed by atoms with Crippen LogP contribution in [0.4, 0.5) is 5.69 Å². The Hall–Kier alpha value is -3.22. The van der Waals surface area contributed by atoms with Gasteiger partial charge in [0.05, 0.1) is 13.2 Å². The number of carbonyl (C=O) groups excluding carboxylic acids is 2. The Morgan fingerprint density at radius 1 is 1.00 bits per heavy atom. The SMILES string of the molecule is CCOC(=O)c1c(C)c(N=O)c(-c2ccccc2)c(C(=O)OCC)c1O. The topological polar surface area (TPSA) is 102 Å². The van der Waals surface area contributed by atoms with E-state index >= 15 is 0 Å². The predicted octanol–water partition coefficient (Wildman–Crippen LogP) is 4.12. The molecule has 26 heavy (non-hydrogen) atoms. The maximum Gasteiger partial charge on any atom is 0.342 e. The first-order valence-electron chi connectivity index (χ1n) is 8.10. The standard InChI is InChI=1S/C19H19NO6/c1-4-25-18(22)13-11(3)16(20-24)14(12-9-7-6-8-10-12)15(17(13)21)19(23)26-5-2/h6-10,21H,4-5H2,1-3H3. The van der Waals surface area contributed by atoms with E-state index in [1.54, 1.807) is 44.2 Å². The van der Waals surface area contributed by atoms with Crippen molar-refractivity contribution >= 4 is 17.6 Å².